The van der Waals surface area contributed by atoms with Crippen LogP contribution in [-0.4, -0.2) is 40.7 Å². The molecule has 1 aliphatic heterocycles. The van der Waals surface area contributed by atoms with Crippen LogP contribution in [0.25, 0.3) is 0 Å². The predicted octanol–water partition coefficient (Wildman–Crippen LogP) is 3.14. The van der Waals surface area contributed by atoms with E-state index in [1.165, 1.54) is 22.9 Å². The van der Waals surface area contributed by atoms with Gasteiger partial charge >= 0.3 is 0 Å². The molecule has 6 heteroatoms. The van der Waals surface area contributed by atoms with Crippen LogP contribution >= 0.6 is 11.8 Å². The van der Waals surface area contributed by atoms with Crippen LogP contribution in [0.1, 0.15) is 38.3 Å². The molecule has 2 aliphatic rings. The molecule has 0 saturated carbocycles. The van der Waals surface area contributed by atoms with Gasteiger partial charge in [-0.15, -0.1) is 0 Å². The second-order valence-corrected chi connectivity index (χ2v) is 7.73. The smallest absolute Gasteiger partial charge is 0.262 e. The van der Waals surface area contributed by atoms with Gasteiger partial charge in [0.1, 0.15) is 6.04 Å². The van der Waals surface area contributed by atoms with E-state index in [9.17, 15) is 14.4 Å². The molecule has 0 saturated heterocycles. The molecule has 0 aromatic heterocycles. The zero-order valence-electron chi connectivity index (χ0n) is 15.0. The fraction of sp³-hybridized carbons (Fsp3) is 0.286. The van der Waals surface area contributed by atoms with Gasteiger partial charge in [0.05, 0.1) is 11.1 Å². The minimum absolute atomic E-state index is 0.336. The zero-order chi connectivity index (χ0) is 19.0. The van der Waals surface area contributed by atoms with Gasteiger partial charge in [-0.05, 0) is 60.9 Å². The Hall–Kier alpha value is -2.60. The van der Waals surface area contributed by atoms with Gasteiger partial charge in [0.15, 0.2) is 0 Å². The van der Waals surface area contributed by atoms with E-state index >= 15 is 0 Å². The third kappa shape index (κ3) is 3.14. The van der Waals surface area contributed by atoms with Crippen molar-refractivity contribution in [3.63, 3.8) is 0 Å². The number of amides is 3. The van der Waals surface area contributed by atoms with Crippen molar-refractivity contribution in [2.24, 2.45) is 0 Å². The standard InChI is InChI=1S/C21H20N2O3S/c1-27-12-18(23-20(25)16-7-2-3-8-17(16)21(23)26)19(24)22-15-10-9-13-5-4-6-14(13)11-15/h2-3,7-11,18H,4-6,12H2,1H3,(H,22,24)/t18-/m0/s1. The molecule has 5 nitrogen and oxygen atoms in total. The molecule has 0 radical (unpaired) electrons. The fourth-order valence-corrected chi connectivity index (χ4v) is 4.41. The molecule has 1 heterocycles. The summed E-state index contributed by atoms with van der Waals surface area (Å²) in [6, 6.07) is 11.8. The lowest BCUT2D eigenvalue weighted by Crippen LogP contribution is -2.48. The number of nitrogens with zero attached hydrogens (tertiary/aromatic N) is 1. The maximum atomic E-state index is 13.0. The van der Waals surface area contributed by atoms with Gasteiger partial charge in [-0.3, -0.25) is 19.3 Å². The molecule has 2 aromatic carbocycles. The van der Waals surface area contributed by atoms with Crippen molar-refractivity contribution in [1.29, 1.82) is 0 Å². The van der Waals surface area contributed by atoms with E-state index in [1.807, 2.05) is 24.5 Å². The lowest BCUT2D eigenvalue weighted by atomic mass is 10.1. The number of imide groups is 1. The van der Waals surface area contributed by atoms with Crippen molar-refractivity contribution in [1.82, 2.24) is 4.90 Å². The van der Waals surface area contributed by atoms with E-state index in [0.717, 1.165) is 24.2 Å². The first kappa shape index (κ1) is 17.8. The van der Waals surface area contributed by atoms with Crippen molar-refractivity contribution < 1.29 is 14.4 Å². The number of fused-ring (bicyclic) bond motifs is 2. The van der Waals surface area contributed by atoms with Crippen LogP contribution in [-0.2, 0) is 17.6 Å². The van der Waals surface area contributed by atoms with Crippen molar-refractivity contribution in [2.75, 3.05) is 17.3 Å². The molecular weight excluding hydrogens is 360 g/mol. The number of carbonyl (C=O) groups excluding carboxylic acids is 3. The lowest BCUT2D eigenvalue weighted by molar-refractivity contribution is -0.119. The Morgan fingerprint density at radius 3 is 2.41 bits per heavy atom. The summed E-state index contributed by atoms with van der Waals surface area (Å²) in [6.07, 6.45) is 5.09. The van der Waals surface area contributed by atoms with Crippen LogP contribution in [0.3, 0.4) is 0 Å². The Morgan fingerprint density at radius 2 is 1.74 bits per heavy atom. The fourth-order valence-electron chi connectivity index (χ4n) is 3.79. The highest BCUT2D eigenvalue weighted by atomic mass is 32.2. The molecule has 0 unspecified atom stereocenters. The SMILES string of the molecule is CSC[C@@H](C(=O)Nc1ccc2c(c1)CCC2)N1C(=O)c2ccccc2C1=O. The molecule has 27 heavy (non-hydrogen) atoms. The van der Waals surface area contributed by atoms with Gasteiger partial charge in [-0.1, -0.05) is 18.2 Å². The van der Waals surface area contributed by atoms with Crippen molar-refractivity contribution in [3.8, 4) is 0 Å². The number of rotatable bonds is 5. The lowest BCUT2D eigenvalue weighted by Gasteiger charge is -2.24. The van der Waals surface area contributed by atoms with E-state index in [0.29, 0.717) is 22.6 Å². The average Bonchev–Trinajstić information content (AvgIpc) is 3.23. The monoisotopic (exact) mass is 380 g/mol. The largest absolute Gasteiger partial charge is 0.324 e. The third-order valence-corrected chi connectivity index (χ3v) is 5.78. The van der Waals surface area contributed by atoms with Crippen LogP contribution in [0, 0.1) is 0 Å². The number of anilines is 1. The summed E-state index contributed by atoms with van der Waals surface area (Å²) in [5.41, 5.74) is 4.02. The van der Waals surface area contributed by atoms with E-state index in [2.05, 4.69) is 5.32 Å². The normalized spacial score (nSPS) is 16.3. The van der Waals surface area contributed by atoms with Crippen LogP contribution in [0.15, 0.2) is 42.5 Å². The van der Waals surface area contributed by atoms with E-state index in [1.54, 1.807) is 24.3 Å². The molecule has 0 bridgehead atoms. The predicted molar refractivity (Wildman–Crippen MR) is 106 cm³/mol. The number of thioether (sulfide) groups is 1. The molecule has 0 fully saturated rings. The quantitative estimate of drug-likeness (QED) is 0.810. The molecule has 4 rings (SSSR count). The molecule has 1 aliphatic carbocycles. The maximum Gasteiger partial charge on any atom is 0.262 e. The van der Waals surface area contributed by atoms with Gasteiger partial charge in [0.2, 0.25) is 5.91 Å². The first-order valence-electron chi connectivity index (χ1n) is 8.98. The van der Waals surface area contributed by atoms with Crippen LogP contribution in [0.4, 0.5) is 5.69 Å². The second-order valence-electron chi connectivity index (χ2n) is 6.82. The Bertz CT molecular complexity index is 906. The molecular formula is C21H20N2O3S. The number of benzene rings is 2. The van der Waals surface area contributed by atoms with E-state index in [4.69, 9.17) is 0 Å². The molecule has 1 atom stereocenters. The minimum atomic E-state index is -0.847. The molecule has 0 spiro atoms. The van der Waals surface area contributed by atoms with E-state index in [-0.39, 0.29) is 5.91 Å². The third-order valence-electron chi connectivity index (χ3n) is 5.13. The Labute approximate surface area is 162 Å². The molecule has 138 valence electrons. The van der Waals surface area contributed by atoms with Crippen LogP contribution in [0.5, 0.6) is 0 Å². The van der Waals surface area contributed by atoms with Crippen LogP contribution in [0.2, 0.25) is 0 Å². The van der Waals surface area contributed by atoms with Gasteiger partial charge in [-0.2, -0.15) is 11.8 Å². The summed E-state index contributed by atoms with van der Waals surface area (Å²) in [7, 11) is 0. The summed E-state index contributed by atoms with van der Waals surface area (Å²) in [4.78, 5) is 39.6. The summed E-state index contributed by atoms with van der Waals surface area (Å²) >= 11 is 1.43. The number of nitrogens with one attached hydrogen (secondary N) is 1. The summed E-state index contributed by atoms with van der Waals surface area (Å²) in [5, 5.41) is 2.90. The second kappa shape index (κ2) is 7.19. The van der Waals surface area contributed by atoms with E-state index < -0.39 is 17.9 Å². The first-order chi connectivity index (χ1) is 13.1. The van der Waals surface area contributed by atoms with Crippen LogP contribution < -0.4 is 5.32 Å². The van der Waals surface area contributed by atoms with Crippen molar-refractivity contribution >= 4 is 35.2 Å². The minimum Gasteiger partial charge on any atom is -0.324 e. The Morgan fingerprint density at radius 1 is 1.07 bits per heavy atom. The highest BCUT2D eigenvalue weighted by Gasteiger charge is 2.42. The zero-order valence-corrected chi connectivity index (χ0v) is 15.8. The molecule has 3 amide bonds. The number of carbonyl (C=O) groups is 3. The summed E-state index contributed by atoms with van der Waals surface area (Å²) in [6.45, 7) is 0. The van der Waals surface area contributed by atoms with Gasteiger partial charge < -0.3 is 5.32 Å². The van der Waals surface area contributed by atoms with Gasteiger partial charge in [0, 0.05) is 11.4 Å². The molecule has 1 N–H and O–H groups in total. The van der Waals surface area contributed by atoms with Gasteiger partial charge in [-0.25, -0.2) is 0 Å². The summed E-state index contributed by atoms with van der Waals surface area (Å²) in [5.74, 6) is -0.795. The highest BCUT2D eigenvalue weighted by Crippen LogP contribution is 2.28. The topological polar surface area (TPSA) is 66.5 Å². The van der Waals surface area contributed by atoms with Gasteiger partial charge in [0.25, 0.3) is 11.8 Å². The molecule has 2 aromatic rings. The number of hydrogen-bond acceptors (Lipinski definition) is 4. The summed E-state index contributed by atoms with van der Waals surface area (Å²) < 4.78 is 0. The highest BCUT2D eigenvalue weighted by molar-refractivity contribution is 7.98. The maximum absolute atomic E-state index is 13.0. The van der Waals surface area contributed by atoms with Crippen molar-refractivity contribution in [3.05, 3.63) is 64.7 Å². The first-order valence-corrected chi connectivity index (χ1v) is 10.4. The Kier molecular flexibility index (Phi) is 4.74. The number of hydrogen-bond donors (Lipinski definition) is 1. The van der Waals surface area contributed by atoms with Crippen molar-refractivity contribution in [2.45, 2.75) is 25.3 Å². The average molecular weight is 380 g/mol. The Balaban J connectivity index is 1.58. The number of aryl methyl sites for hydroxylation is 2.